The molecule has 0 bridgehead atoms. The van der Waals surface area contributed by atoms with Gasteiger partial charge < -0.3 is 16.2 Å². The molecule has 0 atom stereocenters. The van der Waals surface area contributed by atoms with E-state index >= 15 is 0 Å². The minimum atomic E-state index is -4.63. The SMILES string of the molecule is Nc1cc(Cl)c(OC(F)(F)C(F)F)cc1N. The quantitative estimate of drug-likeness (QED) is 0.647. The van der Waals surface area contributed by atoms with Gasteiger partial charge in [-0.05, 0) is 6.07 Å². The lowest BCUT2D eigenvalue weighted by Crippen LogP contribution is -2.33. The lowest BCUT2D eigenvalue weighted by Gasteiger charge is -2.18. The zero-order valence-corrected chi connectivity index (χ0v) is 8.44. The Morgan fingerprint density at radius 2 is 1.69 bits per heavy atom. The third-order valence-electron chi connectivity index (χ3n) is 1.64. The lowest BCUT2D eigenvalue weighted by molar-refractivity contribution is -0.253. The van der Waals surface area contributed by atoms with Gasteiger partial charge in [0.1, 0.15) is 5.75 Å². The molecule has 1 aromatic carbocycles. The van der Waals surface area contributed by atoms with E-state index in [0.29, 0.717) is 0 Å². The molecule has 0 aliphatic heterocycles. The number of ether oxygens (including phenoxy) is 1. The van der Waals surface area contributed by atoms with Crippen molar-refractivity contribution in [1.82, 2.24) is 0 Å². The molecule has 0 saturated heterocycles. The summed E-state index contributed by atoms with van der Waals surface area (Å²) in [6.07, 6.45) is -8.60. The standard InChI is InChI=1S/C8H7ClF4N2O/c9-3-1-4(14)5(15)2-6(3)16-8(12,13)7(10)11/h1-2,7H,14-15H2. The molecule has 1 rings (SSSR count). The Labute approximate surface area is 92.9 Å². The van der Waals surface area contributed by atoms with E-state index in [1.807, 2.05) is 0 Å². The van der Waals surface area contributed by atoms with Crippen molar-refractivity contribution in [2.75, 3.05) is 11.5 Å². The third-order valence-corrected chi connectivity index (χ3v) is 1.93. The summed E-state index contributed by atoms with van der Waals surface area (Å²) in [5, 5.41) is -0.327. The van der Waals surface area contributed by atoms with Crippen LogP contribution >= 0.6 is 11.6 Å². The van der Waals surface area contributed by atoms with Crippen LogP contribution in [-0.2, 0) is 0 Å². The van der Waals surface area contributed by atoms with Crippen LogP contribution in [0.3, 0.4) is 0 Å². The molecule has 3 nitrogen and oxygen atoms in total. The van der Waals surface area contributed by atoms with E-state index < -0.39 is 18.3 Å². The van der Waals surface area contributed by atoms with Crippen LogP contribution in [0.2, 0.25) is 5.02 Å². The Balaban J connectivity index is 3.02. The van der Waals surface area contributed by atoms with Crippen LogP contribution in [0, 0.1) is 0 Å². The molecule has 1 aromatic rings. The Hall–Kier alpha value is -1.37. The molecule has 0 radical (unpaired) electrons. The number of nitrogen functional groups attached to an aromatic ring is 2. The van der Waals surface area contributed by atoms with Crippen LogP contribution in [0.1, 0.15) is 0 Å². The van der Waals surface area contributed by atoms with E-state index in [0.717, 1.165) is 12.1 Å². The second-order valence-corrected chi connectivity index (χ2v) is 3.28. The molecular weight excluding hydrogens is 252 g/mol. The number of benzene rings is 1. The highest BCUT2D eigenvalue weighted by molar-refractivity contribution is 6.32. The first-order valence-electron chi connectivity index (χ1n) is 3.93. The molecular formula is C8H7ClF4N2O. The Morgan fingerprint density at radius 1 is 1.19 bits per heavy atom. The molecule has 16 heavy (non-hydrogen) atoms. The van der Waals surface area contributed by atoms with Crippen molar-refractivity contribution in [3.63, 3.8) is 0 Å². The molecule has 0 saturated carbocycles. The van der Waals surface area contributed by atoms with Crippen LogP contribution in [-0.4, -0.2) is 12.5 Å². The summed E-state index contributed by atoms with van der Waals surface area (Å²) in [5.41, 5.74) is 10.5. The molecule has 0 aromatic heterocycles. The van der Waals surface area contributed by atoms with E-state index in [9.17, 15) is 17.6 Å². The first-order valence-corrected chi connectivity index (χ1v) is 4.31. The maximum Gasteiger partial charge on any atom is 0.461 e. The fourth-order valence-corrected chi connectivity index (χ4v) is 1.06. The van der Waals surface area contributed by atoms with E-state index in [4.69, 9.17) is 23.1 Å². The van der Waals surface area contributed by atoms with Gasteiger partial charge in [-0.2, -0.15) is 17.6 Å². The van der Waals surface area contributed by atoms with E-state index in [1.165, 1.54) is 0 Å². The van der Waals surface area contributed by atoms with Crippen molar-refractivity contribution < 1.29 is 22.3 Å². The molecule has 90 valence electrons. The smallest absolute Gasteiger partial charge is 0.427 e. The zero-order chi connectivity index (χ0) is 12.5. The predicted molar refractivity (Wildman–Crippen MR) is 51.9 cm³/mol. The summed E-state index contributed by atoms with van der Waals surface area (Å²) in [5.74, 6) is -0.654. The van der Waals surface area contributed by atoms with Crippen LogP contribution < -0.4 is 16.2 Å². The van der Waals surface area contributed by atoms with Crippen molar-refractivity contribution in [1.29, 1.82) is 0 Å². The number of alkyl halides is 4. The van der Waals surface area contributed by atoms with Gasteiger partial charge in [0.2, 0.25) is 0 Å². The fraction of sp³-hybridized carbons (Fsp3) is 0.250. The van der Waals surface area contributed by atoms with Crippen LogP contribution in [0.4, 0.5) is 28.9 Å². The molecule has 0 aliphatic rings. The van der Waals surface area contributed by atoms with Crippen molar-refractivity contribution in [2.24, 2.45) is 0 Å². The third kappa shape index (κ3) is 2.60. The Bertz CT molecular complexity index is 400. The largest absolute Gasteiger partial charge is 0.461 e. The highest BCUT2D eigenvalue weighted by Gasteiger charge is 2.44. The summed E-state index contributed by atoms with van der Waals surface area (Å²) < 4.78 is 52.5. The average molecular weight is 259 g/mol. The topological polar surface area (TPSA) is 61.3 Å². The molecule has 0 unspecified atom stereocenters. The fourth-order valence-electron chi connectivity index (χ4n) is 0.854. The van der Waals surface area contributed by atoms with Crippen molar-refractivity contribution in [2.45, 2.75) is 12.5 Å². The van der Waals surface area contributed by atoms with Crippen molar-refractivity contribution in [3.05, 3.63) is 17.2 Å². The average Bonchev–Trinajstić information content (AvgIpc) is 2.13. The second-order valence-electron chi connectivity index (χ2n) is 2.88. The summed E-state index contributed by atoms with van der Waals surface area (Å²) in [4.78, 5) is 0. The summed E-state index contributed by atoms with van der Waals surface area (Å²) in [7, 11) is 0. The first-order chi connectivity index (χ1) is 7.24. The van der Waals surface area contributed by atoms with Crippen molar-refractivity contribution in [3.8, 4) is 5.75 Å². The normalized spacial score (nSPS) is 11.9. The number of anilines is 2. The van der Waals surface area contributed by atoms with Gasteiger partial charge in [-0.3, -0.25) is 0 Å². The maximum atomic E-state index is 12.5. The van der Waals surface area contributed by atoms with Gasteiger partial charge in [0.25, 0.3) is 0 Å². The van der Waals surface area contributed by atoms with Crippen LogP contribution in [0.25, 0.3) is 0 Å². The number of hydrogen-bond acceptors (Lipinski definition) is 3. The minimum Gasteiger partial charge on any atom is -0.427 e. The number of rotatable bonds is 3. The second kappa shape index (κ2) is 4.25. The Kier molecular flexibility index (Phi) is 3.37. The molecule has 8 heteroatoms. The van der Waals surface area contributed by atoms with Crippen molar-refractivity contribution >= 4 is 23.0 Å². The minimum absolute atomic E-state index is 0.0395. The zero-order valence-electron chi connectivity index (χ0n) is 7.68. The first kappa shape index (κ1) is 12.7. The highest BCUT2D eigenvalue weighted by atomic mass is 35.5. The highest BCUT2D eigenvalue weighted by Crippen LogP contribution is 2.36. The van der Waals surface area contributed by atoms with Gasteiger partial charge in [0.05, 0.1) is 16.4 Å². The number of hydrogen-bond donors (Lipinski definition) is 2. The summed E-state index contributed by atoms with van der Waals surface area (Å²) in [6.45, 7) is 0. The van der Waals surface area contributed by atoms with Gasteiger partial charge in [-0.25, -0.2) is 0 Å². The van der Waals surface area contributed by atoms with Gasteiger partial charge >= 0.3 is 12.5 Å². The monoisotopic (exact) mass is 258 g/mol. The van der Waals surface area contributed by atoms with Gasteiger partial charge in [-0.1, -0.05) is 11.6 Å². The van der Waals surface area contributed by atoms with E-state index in [-0.39, 0.29) is 16.4 Å². The van der Waals surface area contributed by atoms with E-state index in [2.05, 4.69) is 4.74 Å². The molecule has 0 spiro atoms. The number of halogens is 5. The molecule has 0 amide bonds. The van der Waals surface area contributed by atoms with Gasteiger partial charge in [0, 0.05) is 6.07 Å². The number of nitrogens with two attached hydrogens (primary N) is 2. The molecule has 0 aliphatic carbocycles. The van der Waals surface area contributed by atoms with Crippen LogP contribution in [0.5, 0.6) is 5.75 Å². The van der Waals surface area contributed by atoms with Crippen LogP contribution in [0.15, 0.2) is 12.1 Å². The molecule has 0 fully saturated rings. The summed E-state index contributed by atoms with van der Waals surface area (Å²) in [6, 6.07) is 1.89. The lowest BCUT2D eigenvalue weighted by atomic mass is 10.2. The molecule has 0 heterocycles. The molecule has 4 N–H and O–H groups in total. The summed E-state index contributed by atoms with van der Waals surface area (Å²) >= 11 is 5.47. The maximum absolute atomic E-state index is 12.5. The van der Waals surface area contributed by atoms with E-state index in [1.54, 1.807) is 0 Å². The van der Waals surface area contributed by atoms with Gasteiger partial charge in [0.15, 0.2) is 0 Å². The predicted octanol–water partition coefficient (Wildman–Crippen LogP) is 2.74. The Morgan fingerprint density at radius 3 is 2.19 bits per heavy atom. The van der Waals surface area contributed by atoms with Gasteiger partial charge in [-0.15, -0.1) is 0 Å².